The van der Waals surface area contributed by atoms with Gasteiger partial charge in [-0.3, -0.25) is 0 Å². The molecule has 17 heavy (non-hydrogen) atoms. The Labute approximate surface area is 104 Å². The van der Waals surface area contributed by atoms with Crippen molar-refractivity contribution in [2.45, 2.75) is 57.8 Å². The monoisotopic (exact) mass is 245 g/mol. The van der Waals surface area contributed by atoms with Crippen molar-refractivity contribution < 1.29 is 15.3 Å². The second-order valence-corrected chi connectivity index (χ2v) is 6.28. The van der Waals surface area contributed by atoms with Gasteiger partial charge >= 0.3 is 0 Å². The van der Waals surface area contributed by atoms with Gasteiger partial charge in [0.15, 0.2) is 0 Å². The summed E-state index contributed by atoms with van der Waals surface area (Å²) in [7, 11) is 0. The fourth-order valence-electron chi connectivity index (χ4n) is 2.41. The van der Waals surface area contributed by atoms with E-state index in [4.69, 9.17) is 5.11 Å². The summed E-state index contributed by atoms with van der Waals surface area (Å²) < 4.78 is 0. The third-order valence-electron chi connectivity index (χ3n) is 3.60. The van der Waals surface area contributed by atoms with Crippen LogP contribution in [0.15, 0.2) is 0 Å². The molecule has 1 fully saturated rings. The van der Waals surface area contributed by atoms with E-state index in [0.717, 1.165) is 6.42 Å². The molecule has 0 spiro atoms. The normalized spacial score (nSPS) is 32.5. The van der Waals surface area contributed by atoms with Crippen LogP contribution in [0.2, 0.25) is 0 Å². The molecule has 0 aromatic carbocycles. The molecule has 0 aromatic rings. The predicted molar refractivity (Wildman–Crippen MR) is 67.7 cm³/mol. The molecule has 1 rings (SSSR count). The lowest BCUT2D eigenvalue weighted by atomic mass is 9.77. The van der Waals surface area contributed by atoms with Gasteiger partial charge in [-0.2, -0.15) is 0 Å². The van der Waals surface area contributed by atoms with E-state index in [2.05, 4.69) is 26.1 Å². The molecule has 1 aliphatic carbocycles. The molecule has 0 heterocycles. The highest BCUT2D eigenvalue weighted by Crippen LogP contribution is 2.31. The molecule has 0 bridgehead atoms. The van der Waals surface area contributed by atoms with Gasteiger partial charge in [-0.1, -0.05) is 0 Å². The highest BCUT2D eigenvalue weighted by molar-refractivity contribution is 4.85. The van der Waals surface area contributed by atoms with Crippen molar-refractivity contribution in [2.75, 3.05) is 13.2 Å². The van der Waals surface area contributed by atoms with Crippen LogP contribution in [0.1, 0.15) is 40.0 Å². The highest BCUT2D eigenvalue weighted by atomic mass is 16.3. The number of aliphatic hydroxyl groups is 3. The number of β-amino-alcohol motifs (C(OH)–C–C–N with tert-alkyl or cyclic N) is 1. The zero-order valence-corrected chi connectivity index (χ0v) is 11.2. The Bertz CT molecular complexity index is 227. The number of hydrogen-bond acceptors (Lipinski definition) is 4. The number of aliphatic hydroxyl groups excluding tert-OH is 3. The lowest BCUT2D eigenvalue weighted by Gasteiger charge is -2.35. The van der Waals surface area contributed by atoms with E-state index >= 15 is 0 Å². The highest BCUT2D eigenvalue weighted by Gasteiger charge is 2.32. The van der Waals surface area contributed by atoms with Crippen LogP contribution in [-0.2, 0) is 0 Å². The second-order valence-electron chi connectivity index (χ2n) is 6.28. The number of nitrogens with one attached hydrogen (secondary N) is 1. The molecule has 4 nitrogen and oxygen atoms in total. The third-order valence-corrected chi connectivity index (χ3v) is 3.60. The lowest BCUT2D eigenvalue weighted by molar-refractivity contribution is -0.0170. The number of hydrogen-bond donors (Lipinski definition) is 4. The van der Waals surface area contributed by atoms with Crippen molar-refractivity contribution in [3.8, 4) is 0 Å². The molecular formula is C13H27NO3. The minimum Gasteiger partial charge on any atom is -0.396 e. The van der Waals surface area contributed by atoms with Crippen LogP contribution < -0.4 is 5.32 Å². The van der Waals surface area contributed by atoms with Gasteiger partial charge in [0.2, 0.25) is 0 Å². The van der Waals surface area contributed by atoms with Crippen molar-refractivity contribution >= 4 is 0 Å². The maximum atomic E-state index is 10.1. The second kappa shape index (κ2) is 6.14. The third kappa shape index (κ3) is 4.92. The smallest absolute Gasteiger partial charge is 0.0693 e. The van der Waals surface area contributed by atoms with Gasteiger partial charge in [-0.25, -0.2) is 0 Å². The molecule has 4 atom stereocenters. The zero-order chi connectivity index (χ0) is 13.1. The van der Waals surface area contributed by atoms with Crippen LogP contribution in [-0.4, -0.2) is 46.2 Å². The van der Waals surface area contributed by atoms with Crippen LogP contribution in [0.25, 0.3) is 0 Å². The first-order valence-corrected chi connectivity index (χ1v) is 6.55. The van der Waals surface area contributed by atoms with Gasteiger partial charge < -0.3 is 20.6 Å². The summed E-state index contributed by atoms with van der Waals surface area (Å²) >= 11 is 0. The summed E-state index contributed by atoms with van der Waals surface area (Å²) in [6, 6.07) is 0. The molecule has 0 aromatic heterocycles. The van der Waals surface area contributed by atoms with Crippen LogP contribution in [0.5, 0.6) is 0 Å². The number of rotatable bonds is 4. The molecule has 3 unspecified atom stereocenters. The van der Waals surface area contributed by atoms with Gasteiger partial charge in [0.05, 0.1) is 12.2 Å². The quantitative estimate of drug-likeness (QED) is 0.582. The lowest BCUT2D eigenvalue weighted by Crippen LogP contribution is -2.45. The summed E-state index contributed by atoms with van der Waals surface area (Å²) in [5.41, 5.74) is 0.00550. The molecule has 0 saturated heterocycles. The molecular weight excluding hydrogens is 218 g/mol. The first kappa shape index (κ1) is 14.9. The first-order chi connectivity index (χ1) is 7.83. The fourth-order valence-corrected chi connectivity index (χ4v) is 2.41. The van der Waals surface area contributed by atoms with E-state index in [0.29, 0.717) is 19.4 Å². The van der Waals surface area contributed by atoms with Gasteiger partial charge in [0.25, 0.3) is 0 Å². The first-order valence-electron chi connectivity index (χ1n) is 6.55. The summed E-state index contributed by atoms with van der Waals surface area (Å²) in [6.07, 6.45) is 1.44. The molecule has 1 aliphatic rings. The average molecular weight is 245 g/mol. The summed E-state index contributed by atoms with van der Waals surface area (Å²) in [6.45, 7) is 6.79. The van der Waals surface area contributed by atoms with Gasteiger partial charge in [0.1, 0.15) is 0 Å². The van der Waals surface area contributed by atoms with E-state index in [-0.39, 0.29) is 24.0 Å². The maximum Gasteiger partial charge on any atom is 0.0693 e. The van der Waals surface area contributed by atoms with E-state index in [1.54, 1.807) is 0 Å². The molecule has 0 amide bonds. The molecule has 4 N–H and O–H groups in total. The van der Waals surface area contributed by atoms with Crippen molar-refractivity contribution in [3.05, 3.63) is 0 Å². The zero-order valence-electron chi connectivity index (χ0n) is 11.2. The van der Waals surface area contributed by atoms with Gasteiger partial charge in [-0.05, 0) is 46.0 Å². The Morgan fingerprint density at radius 3 is 2.47 bits per heavy atom. The Morgan fingerprint density at radius 1 is 1.29 bits per heavy atom. The van der Waals surface area contributed by atoms with Crippen molar-refractivity contribution in [1.29, 1.82) is 0 Å². The Hall–Kier alpha value is -0.160. The summed E-state index contributed by atoms with van der Waals surface area (Å²) in [5, 5.41) is 32.2. The maximum absolute atomic E-state index is 10.1. The van der Waals surface area contributed by atoms with Crippen molar-refractivity contribution in [2.24, 2.45) is 11.8 Å². The fraction of sp³-hybridized carbons (Fsp3) is 1.00. The van der Waals surface area contributed by atoms with Crippen LogP contribution >= 0.6 is 0 Å². The van der Waals surface area contributed by atoms with E-state index in [1.165, 1.54) is 0 Å². The van der Waals surface area contributed by atoms with Crippen molar-refractivity contribution in [3.63, 3.8) is 0 Å². The summed E-state index contributed by atoms with van der Waals surface area (Å²) in [5.74, 6) is 0.114. The minimum absolute atomic E-state index is 0.00550. The minimum atomic E-state index is -0.404. The Kier molecular flexibility index (Phi) is 5.38. The SMILES string of the molecule is CC(C)(C)NC[C@H](O)C1CCC(O)C(CO)C1. The van der Waals surface area contributed by atoms with Crippen LogP contribution in [0.4, 0.5) is 0 Å². The summed E-state index contributed by atoms with van der Waals surface area (Å²) in [4.78, 5) is 0. The van der Waals surface area contributed by atoms with E-state index < -0.39 is 12.2 Å². The molecule has 102 valence electrons. The van der Waals surface area contributed by atoms with Crippen molar-refractivity contribution in [1.82, 2.24) is 5.32 Å². The topological polar surface area (TPSA) is 72.7 Å². The van der Waals surface area contributed by atoms with Gasteiger partial charge in [0, 0.05) is 24.6 Å². The molecule has 1 saturated carbocycles. The van der Waals surface area contributed by atoms with Gasteiger partial charge in [-0.15, -0.1) is 0 Å². The standard InChI is InChI=1S/C13H27NO3/c1-13(2,3)14-7-12(17)9-4-5-11(16)10(6-9)8-15/h9-12,14-17H,4-8H2,1-3H3/t9?,10?,11?,12-/m0/s1. The predicted octanol–water partition coefficient (Wildman–Crippen LogP) is 0.505. The van der Waals surface area contributed by atoms with E-state index in [9.17, 15) is 10.2 Å². The average Bonchev–Trinajstić information content (AvgIpc) is 2.25. The van der Waals surface area contributed by atoms with E-state index in [1.807, 2.05) is 0 Å². The Morgan fingerprint density at radius 2 is 1.94 bits per heavy atom. The van der Waals surface area contributed by atoms with Crippen LogP contribution in [0.3, 0.4) is 0 Å². The molecule has 4 heteroatoms. The van der Waals surface area contributed by atoms with Crippen LogP contribution in [0, 0.1) is 11.8 Å². The Balaban J connectivity index is 2.39. The molecule has 0 radical (unpaired) electrons. The molecule has 0 aliphatic heterocycles. The largest absolute Gasteiger partial charge is 0.396 e.